The van der Waals surface area contributed by atoms with Gasteiger partial charge < -0.3 is 9.84 Å². The Morgan fingerprint density at radius 1 is 1.38 bits per heavy atom. The molecule has 1 aromatic rings. The molecule has 0 bridgehead atoms. The molecule has 0 aliphatic heterocycles. The van der Waals surface area contributed by atoms with Gasteiger partial charge in [-0.2, -0.15) is 0 Å². The third kappa shape index (κ3) is 1.95. The molecule has 0 spiro atoms. The molecule has 1 atom stereocenters. The highest BCUT2D eigenvalue weighted by Gasteiger charge is 2.15. The van der Waals surface area contributed by atoms with E-state index in [0.29, 0.717) is 6.07 Å². The fourth-order valence-corrected chi connectivity index (χ4v) is 1.11. The lowest BCUT2D eigenvalue weighted by molar-refractivity contribution is 0.192. The van der Waals surface area contributed by atoms with Crippen LogP contribution in [-0.4, -0.2) is 12.2 Å². The molecule has 0 heterocycles. The van der Waals surface area contributed by atoms with Crippen LogP contribution in [0.1, 0.15) is 18.6 Å². The van der Waals surface area contributed by atoms with E-state index in [9.17, 15) is 13.9 Å². The summed E-state index contributed by atoms with van der Waals surface area (Å²) in [5, 5.41) is 9.17. The average molecular weight is 188 g/mol. The van der Waals surface area contributed by atoms with Crippen LogP contribution in [0.3, 0.4) is 0 Å². The second-order valence-corrected chi connectivity index (χ2v) is 2.69. The number of benzene rings is 1. The molecule has 72 valence electrons. The molecule has 0 saturated heterocycles. The van der Waals surface area contributed by atoms with Crippen molar-refractivity contribution in [1.82, 2.24) is 0 Å². The van der Waals surface area contributed by atoms with Crippen LogP contribution in [0.5, 0.6) is 5.75 Å². The summed E-state index contributed by atoms with van der Waals surface area (Å²) >= 11 is 0. The van der Waals surface area contributed by atoms with E-state index < -0.39 is 17.7 Å². The standard InChI is InChI=1S/C9H10F2O2/c1-5(12)7-3-6(10)4-8(11)9(7)13-2/h3-5,12H,1-2H3. The van der Waals surface area contributed by atoms with Crippen molar-refractivity contribution in [2.75, 3.05) is 7.11 Å². The molecule has 2 nitrogen and oxygen atoms in total. The summed E-state index contributed by atoms with van der Waals surface area (Å²) in [7, 11) is 1.27. The predicted octanol–water partition coefficient (Wildman–Crippen LogP) is 2.03. The molecular formula is C9H10F2O2. The molecule has 13 heavy (non-hydrogen) atoms. The summed E-state index contributed by atoms with van der Waals surface area (Å²) < 4.78 is 30.4. The summed E-state index contributed by atoms with van der Waals surface area (Å²) in [5.74, 6) is -1.65. The minimum atomic E-state index is -0.958. The molecule has 0 aliphatic carbocycles. The number of aliphatic hydroxyl groups is 1. The van der Waals surface area contributed by atoms with Gasteiger partial charge in [-0.25, -0.2) is 8.78 Å². The van der Waals surface area contributed by atoms with Crippen LogP contribution in [0.2, 0.25) is 0 Å². The lowest BCUT2D eigenvalue weighted by Crippen LogP contribution is -2.00. The van der Waals surface area contributed by atoms with Crippen molar-refractivity contribution in [3.8, 4) is 5.75 Å². The van der Waals surface area contributed by atoms with Gasteiger partial charge in [-0.15, -0.1) is 0 Å². The van der Waals surface area contributed by atoms with Crippen molar-refractivity contribution in [1.29, 1.82) is 0 Å². The number of hydrogen-bond acceptors (Lipinski definition) is 2. The van der Waals surface area contributed by atoms with Crippen molar-refractivity contribution in [3.05, 3.63) is 29.3 Å². The Labute approximate surface area is 74.8 Å². The summed E-state index contributed by atoms with van der Waals surface area (Å²) in [6.07, 6.45) is -0.958. The molecule has 0 aliphatic rings. The molecule has 1 N–H and O–H groups in total. The first-order chi connectivity index (χ1) is 6.06. The lowest BCUT2D eigenvalue weighted by Gasteiger charge is -2.11. The molecule has 1 rings (SSSR count). The first kappa shape index (κ1) is 9.92. The van der Waals surface area contributed by atoms with E-state index in [0.717, 1.165) is 6.07 Å². The zero-order chi connectivity index (χ0) is 10.0. The quantitative estimate of drug-likeness (QED) is 0.769. The van der Waals surface area contributed by atoms with E-state index in [2.05, 4.69) is 0 Å². The Bertz CT molecular complexity index is 311. The van der Waals surface area contributed by atoms with Crippen LogP contribution >= 0.6 is 0 Å². The largest absolute Gasteiger partial charge is 0.493 e. The van der Waals surface area contributed by atoms with E-state index in [1.54, 1.807) is 0 Å². The number of aliphatic hydroxyl groups excluding tert-OH is 1. The van der Waals surface area contributed by atoms with Gasteiger partial charge in [0.25, 0.3) is 0 Å². The summed E-state index contributed by atoms with van der Waals surface area (Å²) in [5.41, 5.74) is 0.111. The topological polar surface area (TPSA) is 29.5 Å². The highest BCUT2D eigenvalue weighted by atomic mass is 19.1. The number of methoxy groups -OCH3 is 1. The Balaban J connectivity index is 3.29. The maximum Gasteiger partial charge on any atom is 0.168 e. The van der Waals surface area contributed by atoms with Gasteiger partial charge in [-0.05, 0) is 13.0 Å². The SMILES string of the molecule is COc1c(F)cc(F)cc1C(C)O. The van der Waals surface area contributed by atoms with Crippen LogP contribution in [0.4, 0.5) is 8.78 Å². The Morgan fingerprint density at radius 2 is 2.00 bits per heavy atom. The van der Waals surface area contributed by atoms with Crippen molar-refractivity contribution < 1.29 is 18.6 Å². The van der Waals surface area contributed by atoms with Gasteiger partial charge in [0.15, 0.2) is 11.6 Å². The average Bonchev–Trinajstić information content (AvgIpc) is 2.02. The second kappa shape index (κ2) is 3.70. The summed E-state index contributed by atoms with van der Waals surface area (Å²) in [6, 6.07) is 1.76. The van der Waals surface area contributed by atoms with Crippen LogP contribution in [-0.2, 0) is 0 Å². The highest BCUT2D eigenvalue weighted by molar-refractivity contribution is 5.36. The second-order valence-electron chi connectivity index (χ2n) is 2.69. The first-order valence-electron chi connectivity index (χ1n) is 3.77. The molecule has 0 fully saturated rings. The van der Waals surface area contributed by atoms with Crippen LogP contribution in [0.15, 0.2) is 12.1 Å². The van der Waals surface area contributed by atoms with E-state index in [-0.39, 0.29) is 11.3 Å². The Morgan fingerprint density at radius 3 is 2.46 bits per heavy atom. The maximum absolute atomic E-state index is 13.0. The minimum absolute atomic E-state index is 0.111. The van der Waals surface area contributed by atoms with Crippen molar-refractivity contribution in [3.63, 3.8) is 0 Å². The molecule has 1 aromatic carbocycles. The fourth-order valence-electron chi connectivity index (χ4n) is 1.11. The molecule has 0 aromatic heterocycles. The van der Waals surface area contributed by atoms with Crippen molar-refractivity contribution in [2.24, 2.45) is 0 Å². The summed E-state index contributed by atoms with van der Waals surface area (Å²) in [6.45, 7) is 1.41. The van der Waals surface area contributed by atoms with Gasteiger partial charge in [-0.3, -0.25) is 0 Å². The highest BCUT2D eigenvalue weighted by Crippen LogP contribution is 2.28. The maximum atomic E-state index is 13.0. The molecule has 0 amide bonds. The van der Waals surface area contributed by atoms with Crippen LogP contribution < -0.4 is 4.74 Å². The Kier molecular flexibility index (Phi) is 2.83. The van der Waals surface area contributed by atoms with Crippen molar-refractivity contribution in [2.45, 2.75) is 13.0 Å². The lowest BCUT2D eigenvalue weighted by atomic mass is 10.1. The van der Waals surface area contributed by atoms with Gasteiger partial charge in [0.2, 0.25) is 0 Å². The van der Waals surface area contributed by atoms with E-state index in [1.807, 2.05) is 0 Å². The van der Waals surface area contributed by atoms with Gasteiger partial charge >= 0.3 is 0 Å². The van der Waals surface area contributed by atoms with Crippen LogP contribution in [0, 0.1) is 11.6 Å². The number of ether oxygens (including phenoxy) is 1. The minimum Gasteiger partial charge on any atom is -0.493 e. The van der Waals surface area contributed by atoms with Crippen LogP contribution in [0.25, 0.3) is 0 Å². The predicted molar refractivity (Wildman–Crippen MR) is 43.5 cm³/mol. The van der Waals surface area contributed by atoms with E-state index in [4.69, 9.17) is 4.74 Å². The van der Waals surface area contributed by atoms with Gasteiger partial charge in [0, 0.05) is 11.6 Å². The zero-order valence-corrected chi connectivity index (χ0v) is 7.34. The Hall–Kier alpha value is -1.16. The molecular weight excluding hydrogens is 178 g/mol. The third-order valence-corrected chi connectivity index (χ3v) is 1.69. The third-order valence-electron chi connectivity index (χ3n) is 1.69. The van der Waals surface area contributed by atoms with Gasteiger partial charge in [0.05, 0.1) is 13.2 Å². The fraction of sp³-hybridized carbons (Fsp3) is 0.333. The number of hydrogen-bond donors (Lipinski definition) is 1. The number of halogens is 2. The molecule has 0 saturated carbocycles. The number of rotatable bonds is 2. The zero-order valence-electron chi connectivity index (χ0n) is 7.34. The van der Waals surface area contributed by atoms with Gasteiger partial charge in [0.1, 0.15) is 5.82 Å². The molecule has 0 radical (unpaired) electrons. The van der Waals surface area contributed by atoms with Crippen molar-refractivity contribution >= 4 is 0 Å². The first-order valence-corrected chi connectivity index (χ1v) is 3.77. The monoisotopic (exact) mass is 188 g/mol. The summed E-state index contributed by atoms with van der Waals surface area (Å²) in [4.78, 5) is 0. The van der Waals surface area contributed by atoms with E-state index >= 15 is 0 Å². The smallest absolute Gasteiger partial charge is 0.168 e. The molecule has 4 heteroatoms. The van der Waals surface area contributed by atoms with Gasteiger partial charge in [-0.1, -0.05) is 0 Å². The van der Waals surface area contributed by atoms with E-state index in [1.165, 1.54) is 14.0 Å². The normalized spacial score (nSPS) is 12.7. The molecule has 1 unspecified atom stereocenters.